The molecule has 0 bridgehead atoms. The first-order valence-electron chi connectivity index (χ1n) is 6.68. The van der Waals surface area contributed by atoms with Crippen LogP contribution < -0.4 is 16.2 Å². The number of aromatic nitrogens is 2. The lowest BCUT2D eigenvalue weighted by molar-refractivity contribution is 0.0845. The number of nitrogens with one attached hydrogen (secondary N) is 1. The monoisotopic (exact) mass is 275 g/mol. The predicted molar refractivity (Wildman–Crippen MR) is 81.7 cm³/mol. The minimum Gasteiger partial charge on any atom is -0.377 e. The highest BCUT2D eigenvalue weighted by Gasteiger charge is 2.11. The Morgan fingerprint density at radius 1 is 1.30 bits per heavy atom. The number of fused-ring (bicyclic) bond motifs is 1. The van der Waals surface area contributed by atoms with Crippen LogP contribution in [0.15, 0.2) is 24.3 Å². The van der Waals surface area contributed by atoms with E-state index in [0.717, 1.165) is 23.3 Å². The first kappa shape index (κ1) is 14.5. The van der Waals surface area contributed by atoms with Gasteiger partial charge in [0.2, 0.25) is 5.95 Å². The zero-order chi connectivity index (χ0) is 14.5. The highest BCUT2D eigenvalue weighted by Crippen LogP contribution is 2.23. The summed E-state index contributed by atoms with van der Waals surface area (Å²) >= 11 is 0. The normalized spacial score (nSPS) is 11.1. The van der Waals surface area contributed by atoms with Gasteiger partial charge in [-0.1, -0.05) is 12.1 Å². The van der Waals surface area contributed by atoms with Crippen LogP contribution in [0, 0.1) is 0 Å². The summed E-state index contributed by atoms with van der Waals surface area (Å²) < 4.78 is 5.58. The Morgan fingerprint density at radius 3 is 2.75 bits per heavy atom. The van der Waals surface area contributed by atoms with E-state index < -0.39 is 0 Å². The Balaban J connectivity index is 2.27. The summed E-state index contributed by atoms with van der Waals surface area (Å²) in [6, 6.07) is 7.87. The number of nitrogen functional groups attached to an aromatic ring is 1. The van der Waals surface area contributed by atoms with Gasteiger partial charge >= 0.3 is 0 Å². The molecule has 0 spiro atoms. The first-order valence-corrected chi connectivity index (χ1v) is 6.68. The molecule has 1 aromatic heterocycles. The minimum atomic E-state index is 0.229. The molecular weight excluding hydrogens is 254 g/mol. The Kier molecular flexibility index (Phi) is 4.70. The summed E-state index contributed by atoms with van der Waals surface area (Å²) in [5, 5.41) is 0.999. The maximum absolute atomic E-state index is 5.58. The molecule has 1 aromatic carbocycles. The number of likely N-dealkylation sites (N-methyl/N-ethyl adjacent to an activating group) is 1. The van der Waals surface area contributed by atoms with Gasteiger partial charge in [-0.25, -0.2) is 10.8 Å². The van der Waals surface area contributed by atoms with E-state index in [1.165, 1.54) is 0 Å². The number of ether oxygens (including phenoxy) is 1. The van der Waals surface area contributed by atoms with Crippen molar-refractivity contribution in [1.82, 2.24) is 9.97 Å². The van der Waals surface area contributed by atoms with Crippen molar-refractivity contribution in [1.29, 1.82) is 0 Å². The molecule has 2 rings (SSSR count). The average Bonchev–Trinajstić information content (AvgIpc) is 2.45. The molecule has 0 radical (unpaired) electrons. The molecule has 0 saturated carbocycles. The fourth-order valence-corrected chi connectivity index (χ4v) is 1.95. The van der Waals surface area contributed by atoms with Gasteiger partial charge in [-0.2, -0.15) is 4.98 Å². The number of anilines is 2. The Morgan fingerprint density at radius 2 is 2.05 bits per heavy atom. The SMILES string of the molecule is CC(C)OCCN(C)c1nc(NN)nc2ccccc12. The van der Waals surface area contributed by atoms with Crippen molar-refractivity contribution in [3.63, 3.8) is 0 Å². The van der Waals surface area contributed by atoms with Crippen LogP contribution in [0.25, 0.3) is 10.9 Å². The van der Waals surface area contributed by atoms with Gasteiger partial charge in [0.1, 0.15) is 5.82 Å². The highest BCUT2D eigenvalue weighted by atomic mass is 16.5. The van der Waals surface area contributed by atoms with Gasteiger partial charge in [0.05, 0.1) is 18.2 Å². The molecular formula is C14H21N5O. The molecule has 0 aliphatic carbocycles. The van der Waals surface area contributed by atoms with E-state index >= 15 is 0 Å². The van der Waals surface area contributed by atoms with Crippen LogP contribution in [0.3, 0.4) is 0 Å². The van der Waals surface area contributed by atoms with Crippen molar-refractivity contribution in [3.05, 3.63) is 24.3 Å². The van der Waals surface area contributed by atoms with Gasteiger partial charge in [0, 0.05) is 19.0 Å². The molecule has 20 heavy (non-hydrogen) atoms. The summed E-state index contributed by atoms with van der Waals surface area (Å²) in [7, 11) is 1.98. The third-order valence-electron chi connectivity index (χ3n) is 2.95. The second-order valence-corrected chi connectivity index (χ2v) is 4.87. The fraction of sp³-hybridized carbons (Fsp3) is 0.429. The topological polar surface area (TPSA) is 76.3 Å². The van der Waals surface area contributed by atoms with Gasteiger partial charge in [0.15, 0.2) is 0 Å². The Hall–Kier alpha value is -1.92. The van der Waals surface area contributed by atoms with Gasteiger partial charge in [0.25, 0.3) is 0 Å². The molecule has 0 unspecified atom stereocenters. The second-order valence-electron chi connectivity index (χ2n) is 4.87. The van der Waals surface area contributed by atoms with E-state index in [1.54, 1.807) is 0 Å². The molecule has 6 heteroatoms. The maximum atomic E-state index is 5.58. The summed E-state index contributed by atoms with van der Waals surface area (Å²) in [5.41, 5.74) is 3.37. The van der Waals surface area contributed by atoms with E-state index in [0.29, 0.717) is 12.6 Å². The van der Waals surface area contributed by atoms with E-state index in [4.69, 9.17) is 10.6 Å². The molecule has 2 aromatic rings. The fourth-order valence-electron chi connectivity index (χ4n) is 1.95. The smallest absolute Gasteiger partial charge is 0.239 e. The quantitative estimate of drug-likeness (QED) is 0.618. The number of hydrogen-bond donors (Lipinski definition) is 2. The van der Waals surface area contributed by atoms with Gasteiger partial charge < -0.3 is 9.64 Å². The number of nitrogens with zero attached hydrogens (tertiary/aromatic N) is 3. The number of benzene rings is 1. The van der Waals surface area contributed by atoms with E-state index in [-0.39, 0.29) is 6.10 Å². The van der Waals surface area contributed by atoms with Crippen molar-refractivity contribution in [2.24, 2.45) is 5.84 Å². The predicted octanol–water partition coefficient (Wildman–Crippen LogP) is 1.78. The first-order chi connectivity index (χ1) is 9.61. The van der Waals surface area contributed by atoms with Crippen molar-refractivity contribution in [3.8, 4) is 0 Å². The highest BCUT2D eigenvalue weighted by molar-refractivity contribution is 5.90. The molecule has 0 aliphatic rings. The maximum Gasteiger partial charge on any atom is 0.239 e. The van der Waals surface area contributed by atoms with Crippen molar-refractivity contribution >= 4 is 22.7 Å². The number of rotatable bonds is 6. The molecule has 0 aliphatic heterocycles. The number of hydrogen-bond acceptors (Lipinski definition) is 6. The molecule has 0 fully saturated rings. The molecule has 0 atom stereocenters. The van der Waals surface area contributed by atoms with E-state index in [9.17, 15) is 0 Å². The summed E-state index contributed by atoms with van der Waals surface area (Å²) in [6.07, 6.45) is 0.229. The summed E-state index contributed by atoms with van der Waals surface area (Å²) in [6.45, 7) is 5.45. The van der Waals surface area contributed by atoms with Crippen LogP contribution in [0.1, 0.15) is 13.8 Å². The van der Waals surface area contributed by atoms with Crippen molar-refractivity contribution in [2.45, 2.75) is 20.0 Å². The second kappa shape index (κ2) is 6.49. The number of hydrazine groups is 1. The summed E-state index contributed by atoms with van der Waals surface area (Å²) in [4.78, 5) is 10.8. The van der Waals surface area contributed by atoms with Crippen LogP contribution in [0.5, 0.6) is 0 Å². The zero-order valence-corrected chi connectivity index (χ0v) is 12.1. The minimum absolute atomic E-state index is 0.229. The van der Waals surface area contributed by atoms with Gasteiger partial charge in [-0.05, 0) is 26.0 Å². The van der Waals surface area contributed by atoms with Crippen LogP contribution >= 0.6 is 0 Å². The molecule has 108 valence electrons. The van der Waals surface area contributed by atoms with Crippen LogP contribution in [-0.2, 0) is 4.74 Å². The molecule has 0 amide bonds. The lowest BCUT2D eigenvalue weighted by Crippen LogP contribution is -2.25. The zero-order valence-electron chi connectivity index (χ0n) is 12.1. The van der Waals surface area contributed by atoms with Gasteiger partial charge in [-0.15, -0.1) is 0 Å². The van der Waals surface area contributed by atoms with Crippen LogP contribution in [0.2, 0.25) is 0 Å². The van der Waals surface area contributed by atoms with Crippen LogP contribution in [0.4, 0.5) is 11.8 Å². The lowest BCUT2D eigenvalue weighted by Gasteiger charge is -2.21. The summed E-state index contributed by atoms with van der Waals surface area (Å²) in [5.74, 6) is 6.69. The molecule has 0 saturated heterocycles. The average molecular weight is 275 g/mol. The molecule has 3 N–H and O–H groups in total. The van der Waals surface area contributed by atoms with Crippen LogP contribution in [-0.4, -0.2) is 36.3 Å². The van der Waals surface area contributed by atoms with Crippen molar-refractivity contribution in [2.75, 3.05) is 30.5 Å². The molecule has 6 nitrogen and oxygen atoms in total. The van der Waals surface area contributed by atoms with Crippen molar-refractivity contribution < 1.29 is 4.74 Å². The Bertz CT molecular complexity index is 572. The Labute approximate surface area is 118 Å². The van der Waals surface area contributed by atoms with E-state index in [2.05, 4.69) is 15.4 Å². The third-order valence-corrected chi connectivity index (χ3v) is 2.95. The largest absolute Gasteiger partial charge is 0.377 e. The third kappa shape index (κ3) is 3.34. The van der Waals surface area contributed by atoms with Gasteiger partial charge in [-0.3, -0.25) is 5.43 Å². The standard InChI is InChI=1S/C14H21N5O/c1-10(2)20-9-8-19(3)13-11-6-4-5-7-12(11)16-14(17-13)18-15/h4-7,10H,8-9,15H2,1-3H3,(H,16,17,18). The number of para-hydroxylation sites is 1. The van der Waals surface area contributed by atoms with E-state index in [1.807, 2.05) is 50.1 Å². The lowest BCUT2D eigenvalue weighted by atomic mass is 10.2. The number of nitrogens with two attached hydrogens (primary N) is 1. The molecule has 1 heterocycles.